The molecule has 1 atom stereocenters. The number of benzene rings is 2. The van der Waals surface area contributed by atoms with Crippen molar-refractivity contribution in [2.75, 3.05) is 26.4 Å². The summed E-state index contributed by atoms with van der Waals surface area (Å²) in [6.07, 6.45) is 9.35. The second-order valence-corrected chi connectivity index (χ2v) is 10.6. The number of rotatable bonds is 16. The van der Waals surface area contributed by atoms with Crippen LogP contribution in [0.5, 0.6) is 5.75 Å². The summed E-state index contributed by atoms with van der Waals surface area (Å²) in [7, 11) is 0. The summed E-state index contributed by atoms with van der Waals surface area (Å²) >= 11 is 0. The molecule has 0 spiro atoms. The molecule has 190 valence electrons. The summed E-state index contributed by atoms with van der Waals surface area (Å²) in [5.74, 6) is 0.638. The van der Waals surface area contributed by atoms with Crippen molar-refractivity contribution < 1.29 is 24.1 Å². The van der Waals surface area contributed by atoms with Gasteiger partial charge in [0, 0.05) is 6.61 Å². The first-order valence-electron chi connectivity index (χ1n) is 12.8. The SMILES string of the molecule is CC(O)(COCCCCCCCCCCOc1ccc2ccccc2c1)COC(=O)C(C)(C)C. The first-order chi connectivity index (χ1) is 16.2. The number of carbonyl (C=O) groups excluding carboxylic acids is 1. The summed E-state index contributed by atoms with van der Waals surface area (Å²) in [6, 6.07) is 14.6. The highest BCUT2D eigenvalue weighted by atomic mass is 16.6. The van der Waals surface area contributed by atoms with Gasteiger partial charge in [-0.1, -0.05) is 68.9 Å². The molecule has 0 bridgehead atoms. The second-order valence-electron chi connectivity index (χ2n) is 10.6. The Balaban J connectivity index is 1.39. The predicted molar refractivity (Wildman–Crippen MR) is 138 cm³/mol. The lowest BCUT2D eigenvalue weighted by molar-refractivity contribution is -0.163. The fraction of sp³-hybridized carbons (Fsp3) is 0.621. The van der Waals surface area contributed by atoms with Crippen LogP contribution in [0.4, 0.5) is 0 Å². The maximum absolute atomic E-state index is 11.8. The minimum Gasteiger partial charge on any atom is -0.494 e. The number of carbonyl (C=O) groups is 1. The number of hydrogen-bond acceptors (Lipinski definition) is 5. The van der Waals surface area contributed by atoms with Crippen LogP contribution >= 0.6 is 0 Å². The third-order valence-corrected chi connectivity index (χ3v) is 5.71. The van der Waals surface area contributed by atoms with Gasteiger partial charge in [0.1, 0.15) is 18.0 Å². The summed E-state index contributed by atoms with van der Waals surface area (Å²) in [6.45, 7) is 8.54. The molecule has 5 heteroatoms. The third kappa shape index (κ3) is 11.3. The fourth-order valence-corrected chi connectivity index (χ4v) is 3.59. The van der Waals surface area contributed by atoms with Gasteiger partial charge in [0.2, 0.25) is 0 Å². The lowest BCUT2D eigenvalue weighted by atomic mass is 9.97. The molecule has 5 nitrogen and oxygen atoms in total. The summed E-state index contributed by atoms with van der Waals surface area (Å²) in [4.78, 5) is 11.8. The number of fused-ring (bicyclic) bond motifs is 1. The molecule has 0 heterocycles. The maximum Gasteiger partial charge on any atom is 0.311 e. The first kappa shape index (κ1) is 28.1. The van der Waals surface area contributed by atoms with E-state index in [2.05, 4.69) is 42.5 Å². The minimum atomic E-state index is -1.15. The molecule has 0 saturated heterocycles. The highest BCUT2D eigenvalue weighted by molar-refractivity contribution is 5.83. The van der Waals surface area contributed by atoms with Crippen LogP contribution in [0, 0.1) is 5.41 Å². The van der Waals surface area contributed by atoms with E-state index in [0.29, 0.717) is 6.61 Å². The van der Waals surface area contributed by atoms with Crippen LogP contribution in [0.1, 0.15) is 79.1 Å². The van der Waals surface area contributed by atoms with Crippen molar-refractivity contribution in [1.29, 1.82) is 0 Å². The Morgan fingerprint density at radius 3 is 2.00 bits per heavy atom. The molecule has 0 aliphatic heterocycles. The van der Waals surface area contributed by atoms with Crippen molar-refractivity contribution >= 4 is 16.7 Å². The highest BCUT2D eigenvalue weighted by Gasteiger charge is 2.28. The van der Waals surface area contributed by atoms with E-state index >= 15 is 0 Å². The van der Waals surface area contributed by atoms with Crippen molar-refractivity contribution in [3.05, 3.63) is 42.5 Å². The lowest BCUT2D eigenvalue weighted by Gasteiger charge is -2.25. The fourth-order valence-electron chi connectivity index (χ4n) is 3.59. The molecule has 2 aromatic carbocycles. The molecule has 2 aromatic rings. The van der Waals surface area contributed by atoms with Gasteiger partial charge in [-0.3, -0.25) is 4.79 Å². The molecule has 34 heavy (non-hydrogen) atoms. The number of hydrogen-bond donors (Lipinski definition) is 1. The predicted octanol–water partition coefficient (Wildman–Crippen LogP) is 6.70. The van der Waals surface area contributed by atoms with E-state index < -0.39 is 11.0 Å². The monoisotopic (exact) mass is 472 g/mol. The van der Waals surface area contributed by atoms with Crippen LogP contribution in [-0.4, -0.2) is 43.1 Å². The molecule has 1 N–H and O–H groups in total. The quantitative estimate of drug-likeness (QED) is 0.218. The van der Waals surface area contributed by atoms with E-state index in [9.17, 15) is 9.90 Å². The van der Waals surface area contributed by atoms with Crippen molar-refractivity contribution in [2.45, 2.75) is 84.7 Å². The average Bonchev–Trinajstić information content (AvgIpc) is 2.79. The Morgan fingerprint density at radius 2 is 1.35 bits per heavy atom. The van der Waals surface area contributed by atoms with Gasteiger partial charge in [-0.05, 0) is 63.4 Å². The van der Waals surface area contributed by atoms with Crippen molar-refractivity contribution in [3.8, 4) is 5.75 Å². The zero-order valence-corrected chi connectivity index (χ0v) is 21.6. The van der Waals surface area contributed by atoms with Crippen LogP contribution in [0.3, 0.4) is 0 Å². The molecule has 0 aliphatic rings. The van der Waals surface area contributed by atoms with Gasteiger partial charge >= 0.3 is 5.97 Å². The zero-order chi connectivity index (χ0) is 24.9. The lowest BCUT2D eigenvalue weighted by Crippen LogP contribution is -2.39. The van der Waals surface area contributed by atoms with Crippen LogP contribution < -0.4 is 4.74 Å². The van der Waals surface area contributed by atoms with Crippen molar-refractivity contribution in [3.63, 3.8) is 0 Å². The number of esters is 1. The van der Waals surface area contributed by atoms with E-state index in [1.54, 1.807) is 27.7 Å². The van der Waals surface area contributed by atoms with Gasteiger partial charge in [-0.25, -0.2) is 0 Å². The summed E-state index contributed by atoms with van der Waals surface area (Å²) in [5, 5.41) is 12.7. The van der Waals surface area contributed by atoms with Gasteiger partial charge in [-0.15, -0.1) is 0 Å². The Hall–Kier alpha value is -2.11. The van der Waals surface area contributed by atoms with E-state index in [1.165, 1.54) is 42.9 Å². The number of ether oxygens (including phenoxy) is 3. The van der Waals surface area contributed by atoms with Crippen molar-refractivity contribution in [1.82, 2.24) is 0 Å². The Morgan fingerprint density at radius 1 is 0.765 bits per heavy atom. The molecule has 2 rings (SSSR count). The molecule has 0 radical (unpaired) electrons. The zero-order valence-electron chi connectivity index (χ0n) is 21.6. The second kappa shape index (κ2) is 14.3. The van der Waals surface area contributed by atoms with Crippen LogP contribution in [0.25, 0.3) is 10.8 Å². The molecule has 0 fully saturated rings. The Labute approximate surface area is 205 Å². The van der Waals surface area contributed by atoms with E-state index in [0.717, 1.165) is 31.6 Å². The standard InChI is InChI=1S/C29H44O5/c1-28(2,3)27(30)34-23-29(4,31)22-32-19-13-9-7-5-6-8-10-14-20-33-26-18-17-24-15-11-12-16-25(24)21-26/h11-12,15-18,21,31H,5-10,13-14,19-20,22-23H2,1-4H3. The first-order valence-corrected chi connectivity index (χ1v) is 12.8. The Bertz CT molecular complexity index is 853. The van der Waals surface area contributed by atoms with E-state index in [1.807, 2.05) is 0 Å². The van der Waals surface area contributed by atoms with Gasteiger partial charge in [0.15, 0.2) is 0 Å². The molecular weight excluding hydrogens is 428 g/mol. The van der Waals surface area contributed by atoms with E-state index in [-0.39, 0.29) is 19.2 Å². The highest BCUT2D eigenvalue weighted by Crippen LogP contribution is 2.21. The van der Waals surface area contributed by atoms with E-state index in [4.69, 9.17) is 14.2 Å². The molecular formula is C29H44O5. The molecule has 1 unspecified atom stereocenters. The molecule has 0 aliphatic carbocycles. The van der Waals surface area contributed by atoms with Gasteiger partial charge < -0.3 is 19.3 Å². The maximum atomic E-state index is 11.8. The van der Waals surface area contributed by atoms with Gasteiger partial charge in [0.05, 0.1) is 18.6 Å². The molecule has 0 aromatic heterocycles. The summed E-state index contributed by atoms with van der Waals surface area (Å²) in [5.41, 5.74) is -1.72. The average molecular weight is 473 g/mol. The minimum absolute atomic E-state index is 0.0452. The van der Waals surface area contributed by atoms with Crippen molar-refractivity contribution in [2.24, 2.45) is 5.41 Å². The summed E-state index contributed by atoms with van der Waals surface area (Å²) < 4.78 is 16.7. The van der Waals surface area contributed by atoms with Crippen LogP contribution in [0.15, 0.2) is 42.5 Å². The topological polar surface area (TPSA) is 65.0 Å². The third-order valence-electron chi connectivity index (χ3n) is 5.71. The van der Waals surface area contributed by atoms with Gasteiger partial charge in [0.25, 0.3) is 0 Å². The normalized spacial score (nSPS) is 13.6. The molecule has 0 saturated carbocycles. The van der Waals surface area contributed by atoms with Crippen LogP contribution in [0.2, 0.25) is 0 Å². The Kier molecular flexibility index (Phi) is 11.9. The van der Waals surface area contributed by atoms with Gasteiger partial charge in [-0.2, -0.15) is 0 Å². The number of unbranched alkanes of at least 4 members (excludes halogenated alkanes) is 7. The molecule has 0 amide bonds. The smallest absolute Gasteiger partial charge is 0.311 e. The number of aliphatic hydroxyl groups is 1. The van der Waals surface area contributed by atoms with Crippen LogP contribution in [-0.2, 0) is 14.3 Å². The largest absolute Gasteiger partial charge is 0.494 e.